The minimum atomic E-state index is -4.97. The highest BCUT2D eigenvalue weighted by Gasteiger charge is 2.30. The number of hydrogen-bond acceptors (Lipinski definition) is 15. The van der Waals surface area contributed by atoms with Crippen LogP contribution in [0.1, 0.15) is 453 Å². The van der Waals surface area contributed by atoms with Gasteiger partial charge >= 0.3 is 39.5 Å². The Hall–Kier alpha value is -1.94. The fourth-order valence-electron chi connectivity index (χ4n) is 13.3. The highest BCUT2D eigenvalue weighted by Crippen LogP contribution is 2.45. The summed E-state index contributed by atoms with van der Waals surface area (Å²) in [4.78, 5) is 73.3. The van der Waals surface area contributed by atoms with Crippen LogP contribution in [0.4, 0.5) is 0 Å². The van der Waals surface area contributed by atoms with Gasteiger partial charge in [-0.05, 0) is 43.4 Å². The summed E-state index contributed by atoms with van der Waals surface area (Å²) in [5.41, 5.74) is 0. The van der Waals surface area contributed by atoms with Crippen molar-refractivity contribution in [3.63, 3.8) is 0 Å². The maximum Gasteiger partial charge on any atom is 0.472 e. The quantitative estimate of drug-likeness (QED) is 0.0222. The van der Waals surface area contributed by atoms with Crippen molar-refractivity contribution in [2.45, 2.75) is 471 Å². The van der Waals surface area contributed by atoms with E-state index >= 15 is 0 Å². The number of unbranched alkanes of at least 4 members (excludes halogenated alkanes) is 51. The summed E-state index contributed by atoms with van der Waals surface area (Å²) >= 11 is 0. The highest BCUT2D eigenvalue weighted by molar-refractivity contribution is 7.47. The lowest BCUT2D eigenvalue weighted by Crippen LogP contribution is -2.30. The van der Waals surface area contributed by atoms with Gasteiger partial charge in [-0.3, -0.25) is 37.3 Å². The summed E-state index contributed by atoms with van der Waals surface area (Å²) in [6.45, 7) is 12.0. The van der Waals surface area contributed by atoms with Crippen LogP contribution < -0.4 is 0 Å². The van der Waals surface area contributed by atoms with Gasteiger partial charge in [-0.25, -0.2) is 9.13 Å². The van der Waals surface area contributed by atoms with E-state index in [2.05, 4.69) is 48.5 Å². The van der Waals surface area contributed by atoms with E-state index in [1.54, 1.807) is 0 Å². The topological polar surface area (TPSA) is 237 Å². The summed E-state index contributed by atoms with van der Waals surface area (Å²) < 4.78 is 68.9. The Bertz CT molecular complexity index is 2030. The number of phosphoric ester groups is 2. The first kappa shape index (κ1) is 103. The molecule has 17 nitrogen and oxygen atoms in total. The molecule has 0 heterocycles. The minimum Gasteiger partial charge on any atom is -0.462 e. The van der Waals surface area contributed by atoms with Crippen molar-refractivity contribution in [3.8, 4) is 0 Å². The van der Waals surface area contributed by atoms with Crippen LogP contribution in [0.5, 0.6) is 0 Å². The maximum absolute atomic E-state index is 13.1. The molecule has 3 unspecified atom stereocenters. The summed E-state index contributed by atoms with van der Waals surface area (Å²) in [5.74, 6) is 0.277. The van der Waals surface area contributed by atoms with Crippen LogP contribution in [0.25, 0.3) is 0 Å². The standard InChI is InChI=1S/C86H168O17P2/c1-8-10-11-12-13-14-15-16-17-18-19-20-21-28-33-40-48-55-62-69-85(90)102-81(73-96-83(88)67-60-53-46-39-32-27-23-22-26-31-38-45-52-59-66-79(7)9-2)75-100-104(92,93)98-71-80(87)72-99-105(94,95)101-76-82(74-97-84(89)68-61-54-47-42-35-37-44-51-58-65-78(5)6)103-86(91)70-63-56-49-41-34-29-24-25-30-36-43-50-57-64-77(3)4/h77-82,87H,8-76H2,1-7H3,(H,92,93)(H,94,95)/t79?,80-,81-,82-/m1/s1. The molecule has 0 aromatic carbocycles. The van der Waals surface area contributed by atoms with Gasteiger partial charge in [0, 0.05) is 25.7 Å². The molecule has 0 aliphatic rings. The average molecular weight is 1540 g/mol. The van der Waals surface area contributed by atoms with Crippen molar-refractivity contribution in [1.82, 2.24) is 0 Å². The van der Waals surface area contributed by atoms with E-state index in [0.717, 1.165) is 108 Å². The van der Waals surface area contributed by atoms with Crippen LogP contribution in [0.2, 0.25) is 0 Å². The zero-order valence-electron chi connectivity index (χ0n) is 69.2. The number of phosphoric acid groups is 2. The van der Waals surface area contributed by atoms with Crippen molar-refractivity contribution in [1.29, 1.82) is 0 Å². The van der Waals surface area contributed by atoms with E-state index in [1.807, 2.05) is 0 Å². The van der Waals surface area contributed by atoms with E-state index in [-0.39, 0.29) is 25.7 Å². The number of ether oxygens (including phenoxy) is 4. The average Bonchev–Trinajstić information content (AvgIpc) is 0.909. The lowest BCUT2D eigenvalue weighted by atomic mass is 9.99. The fourth-order valence-corrected chi connectivity index (χ4v) is 14.9. The Morgan fingerprint density at radius 3 is 0.724 bits per heavy atom. The lowest BCUT2D eigenvalue weighted by Gasteiger charge is -2.21. The Morgan fingerprint density at radius 1 is 0.276 bits per heavy atom. The molecular formula is C86H168O17P2. The number of esters is 4. The molecule has 105 heavy (non-hydrogen) atoms. The third kappa shape index (κ3) is 78.5. The molecule has 0 aliphatic carbocycles. The Balaban J connectivity index is 5.27. The highest BCUT2D eigenvalue weighted by atomic mass is 31.2. The molecule has 0 spiro atoms. The number of rotatable bonds is 84. The minimum absolute atomic E-state index is 0.107. The van der Waals surface area contributed by atoms with E-state index < -0.39 is 97.5 Å². The molecule has 0 aliphatic heterocycles. The van der Waals surface area contributed by atoms with Crippen LogP contribution in [0.3, 0.4) is 0 Å². The molecule has 0 aromatic heterocycles. The normalized spacial score (nSPS) is 14.1. The van der Waals surface area contributed by atoms with Gasteiger partial charge in [0.2, 0.25) is 0 Å². The van der Waals surface area contributed by atoms with Gasteiger partial charge in [-0.15, -0.1) is 0 Å². The molecule has 0 bridgehead atoms. The van der Waals surface area contributed by atoms with Crippen LogP contribution in [-0.2, 0) is 65.4 Å². The van der Waals surface area contributed by atoms with E-state index in [4.69, 9.17) is 37.0 Å². The molecule has 0 rings (SSSR count). The first-order chi connectivity index (χ1) is 50.8. The maximum atomic E-state index is 13.1. The van der Waals surface area contributed by atoms with Gasteiger partial charge in [0.15, 0.2) is 12.2 Å². The smallest absolute Gasteiger partial charge is 0.462 e. The monoisotopic (exact) mass is 1540 g/mol. The molecule has 0 saturated heterocycles. The molecule has 6 atom stereocenters. The first-order valence-electron chi connectivity index (χ1n) is 44.4. The van der Waals surface area contributed by atoms with E-state index in [9.17, 15) is 43.2 Å². The van der Waals surface area contributed by atoms with Gasteiger partial charge in [-0.2, -0.15) is 0 Å². The summed E-state index contributed by atoms with van der Waals surface area (Å²) in [6, 6.07) is 0. The Labute approximate surface area is 645 Å². The molecule has 0 amide bonds. The number of aliphatic hydroxyl groups is 1. The molecule has 0 aromatic rings. The predicted octanol–water partition coefficient (Wildman–Crippen LogP) is 26.1. The second-order valence-electron chi connectivity index (χ2n) is 32.1. The van der Waals surface area contributed by atoms with Crippen LogP contribution in [-0.4, -0.2) is 96.7 Å². The lowest BCUT2D eigenvalue weighted by molar-refractivity contribution is -0.161. The number of aliphatic hydroxyl groups excluding tert-OH is 1. The third-order valence-corrected chi connectivity index (χ3v) is 22.4. The largest absolute Gasteiger partial charge is 0.472 e. The van der Waals surface area contributed by atoms with Crippen LogP contribution in [0.15, 0.2) is 0 Å². The van der Waals surface area contributed by atoms with Crippen molar-refractivity contribution in [2.24, 2.45) is 17.8 Å². The van der Waals surface area contributed by atoms with Crippen molar-refractivity contribution < 1.29 is 80.2 Å². The van der Waals surface area contributed by atoms with Gasteiger partial charge in [0.1, 0.15) is 19.3 Å². The fraction of sp³-hybridized carbons (Fsp3) is 0.953. The SMILES string of the molecule is CCCCCCCCCCCCCCCCCCCCCC(=O)O[C@H](COC(=O)CCCCCCCCCCCCCCCCC(C)CC)COP(=O)(O)OC[C@@H](O)COP(=O)(O)OC[C@@H](COC(=O)CCCCCCCCCCCC(C)C)OC(=O)CCCCCCCCCCCCCCCC(C)C. The molecule has 0 fully saturated rings. The predicted molar refractivity (Wildman–Crippen MR) is 432 cm³/mol. The van der Waals surface area contributed by atoms with Crippen molar-refractivity contribution >= 4 is 39.5 Å². The van der Waals surface area contributed by atoms with Crippen LogP contribution in [0, 0.1) is 17.8 Å². The molecule has 624 valence electrons. The zero-order chi connectivity index (χ0) is 77.2. The van der Waals surface area contributed by atoms with Crippen molar-refractivity contribution in [2.75, 3.05) is 39.6 Å². The summed E-state index contributed by atoms with van der Waals surface area (Å²) in [6.07, 6.45) is 66.5. The molecule has 0 radical (unpaired) electrons. The van der Waals surface area contributed by atoms with Crippen molar-refractivity contribution in [3.05, 3.63) is 0 Å². The van der Waals surface area contributed by atoms with Gasteiger partial charge in [-0.1, -0.05) is 402 Å². The van der Waals surface area contributed by atoms with E-state index in [1.165, 1.54) is 263 Å². The summed E-state index contributed by atoms with van der Waals surface area (Å²) in [5, 5.41) is 10.7. The Kier molecular flexibility index (Phi) is 74.7. The van der Waals surface area contributed by atoms with Crippen LogP contribution >= 0.6 is 15.6 Å². The second kappa shape index (κ2) is 76.1. The number of carbonyl (C=O) groups is 4. The van der Waals surface area contributed by atoms with Gasteiger partial charge < -0.3 is 33.8 Å². The van der Waals surface area contributed by atoms with Gasteiger partial charge in [0.05, 0.1) is 26.4 Å². The first-order valence-corrected chi connectivity index (χ1v) is 47.4. The molecule has 3 N–H and O–H groups in total. The zero-order valence-corrected chi connectivity index (χ0v) is 71.0. The second-order valence-corrected chi connectivity index (χ2v) is 35.0. The number of carbonyl (C=O) groups excluding carboxylic acids is 4. The summed E-state index contributed by atoms with van der Waals surface area (Å²) in [7, 11) is -9.93. The van der Waals surface area contributed by atoms with Gasteiger partial charge in [0.25, 0.3) is 0 Å². The number of hydrogen-bond donors (Lipinski definition) is 3. The molecular weight excluding hydrogens is 1370 g/mol. The third-order valence-electron chi connectivity index (χ3n) is 20.5. The Morgan fingerprint density at radius 2 is 0.486 bits per heavy atom. The molecule has 19 heteroatoms. The molecule has 0 saturated carbocycles. The van der Waals surface area contributed by atoms with E-state index in [0.29, 0.717) is 25.7 Å².